The average Bonchev–Trinajstić information content (AvgIpc) is 2.30. The van der Waals surface area contributed by atoms with Gasteiger partial charge in [0.25, 0.3) is 0 Å². The van der Waals surface area contributed by atoms with Gasteiger partial charge in [-0.05, 0) is 17.7 Å². The van der Waals surface area contributed by atoms with E-state index in [-0.39, 0.29) is 16.9 Å². The second kappa shape index (κ2) is 4.87. The minimum atomic E-state index is 0.0544. The van der Waals surface area contributed by atoms with E-state index in [2.05, 4.69) is 13.8 Å². The third kappa shape index (κ3) is 2.58. The van der Waals surface area contributed by atoms with Crippen molar-refractivity contribution in [3.63, 3.8) is 0 Å². The standard InChI is InChI=1S/C14H19ClO2/c1-14(2)12(15)8-13(14)17-11-6-4-5-10(7-11)9-16-3/h4-7,12-13H,8-9H2,1-3H3. The molecule has 1 fully saturated rings. The highest BCUT2D eigenvalue weighted by Gasteiger charge is 2.49. The predicted octanol–water partition coefficient (Wildman–Crippen LogP) is 3.62. The molecule has 0 N–H and O–H groups in total. The normalized spacial score (nSPS) is 26.4. The molecule has 2 unspecified atom stereocenters. The molecule has 1 aliphatic rings. The van der Waals surface area contributed by atoms with Crippen molar-refractivity contribution < 1.29 is 9.47 Å². The van der Waals surface area contributed by atoms with Gasteiger partial charge in [0.1, 0.15) is 11.9 Å². The molecule has 3 heteroatoms. The molecule has 2 nitrogen and oxygen atoms in total. The molecule has 0 bridgehead atoms. The SMILES string of the molecule is COCc1cccc(OC2CC(Cl)C2(C)C)c1. The van der Waals surface area contributed by atoms with Crippen molar-refractivity contribution in [1.82, 2.24) is 0 Å². The lowest BCUT2D eigenvalue weighted by atomic mass is 9.68. The Bertz CT molecular complexity index is 390. The minimum Gasteiger partial charge on any atom is -0.490 e. The quantitative estimate of drug-likeness (QED) is 0.764. The number of rotatable bonds is 4. The monoisotopic (exact) mass is 254 g/mol. The Kier molecular flexibility index (Phi) is 3.64. The van der Waals surface area contributed by atoms with Gasteiger partial charge < -0.3 is 9.47 Å². The van der Waals surface area contributed by atoms with Gasteiger partial charge in [-0.3, -0.25) is 0 Å². The summed E-state index contributed by atoms with van der Waals surface area (Å²) in [6.45, 7) is 4.92. The van der Waals surface area contributed by atoms with Crippen molar-refractivity contribution in [2.75, 3.05) is 7.11 Å². The number of hydrogen-bond acceptors (Lipinski definition) is 2. The largest absolute Gasteiger partial charge is 0.490 e. The summed E-state index contributed by atoms with van der Waals surface area (Å²) in [4.78, 5) is 0. The lowest BCUT2D eigenvalue weighted by Gasteiger charge is -2.48. The molecular weight excluding hydrogens is 236 g/mol. The van der Waals surface area contributed by atoms with Crippen LogP contribution in [0.1, 0.15) is 25.8 Å². The summed E-state index contributed by atoms with van der Waals surface area (Å²) in [6.07, 6.45) is 1.13. The molecular formula is C14H19ClO2. The van der Waals surface area contributed by atoms with E-state index in [1.165, 1.54) is 0 Å². The van der Waals surface area contributed by atoms with Crippen molar-refractivity contribution in [3.05, 3.63) is 29.8 Å². The summed E-state index contributed by atoms with van der Waals surface area (Å²) < 4.78 is 11.1. The second-order valence-corrected chi connectivity index (χ2v) is 5.74. The molecule has 0 saturated heterocycles. The van der Waals surface area contributed by atoms with Crippen LogP contribution in [0.3, 0.4) is 0 Å². The van der Waals surface area contributed by atoms with E-state index in [0.717, 1.165) is 17.7 Å². The average molecular weight is 255 g/mol. The van der Waals surface area contributed by atoms with Crippen LogP contribution >= 0.6 is 11.6 Å². The number of alkyl halides is 1. The van der Waals surface area contributed by atoms with E-state index in [1.54, 1.807) is 7.11 Å². The molecule has 0 spiro atoms. The zero-order valence-electron chi connectivity index (χ0n) is 10.6. The molecule has 0 heterocycles. The maximum absolute atomic E-state index is 6.18. The maximum atomic E-state index is 6.18. The molecule has 94 valence electrons. The number of methoxy groups -OCH3 is 1. The molecule has 2 rings (SSSR count). The molecule has 0 aromatic heterocycles. The molecule has 17 heavy (non-hydrogen) atoms. The molecule has 0 amide bonds. The number of hydrogen-bond donors (Lipinski definition) is 0. The lowest BCUT2D eigenvalue weighted by molar-refractivity contribution is -0.0131. The first-order chi connectivity index (χ1) is 8.04. The zero-order valence-corrected chi connectivity index (χ0v) is 11.3. The van der Waals surface area contributed by atoms with Gasteiger partial charge in [-0.15, -0.1) is 11.6 Å². The summed E-state index contributed by atoms with van der Waals surface area (Å²) in [5.41, 5.74) is 1.18. The first kappa shape index (κ1) is 12.7. The summed E-state index contributed by atoms with van der Waals surface area (Å²) in [6, 6.07) is 8.04. The van der Waals surface area contributed by atoms with E-state index in [4.69, 9.17) is 21.1 Å². The Balaban J connectivity index is 2.02. The second-order valence-electron chi connectivity index (χ2n) is 5.21. The molecule has 1 aromatic rings. The Morgan fingerprint density at radius 1 is 1.41 bits per heavy atom. The van der Waals surface area contributed by atoms with Crippen molar-refractivity contribution in [2.24, 2.45) is 5.41 Å². The van der Waals surface area contributed by atoms with Crippen LogP contribution in [-0.2, 0) is 11.3 Å². The summed E-state index contributed by atoms with van der Waals surface area (Å²) in [5, 5.41) is 0.217. The number of halogens is 1. The van der Waals surface area contributed by atoms with Crippen molar-refractivity contribution in [2.45, 2.75) is 38.4 Å². The van der Waals surface area contributed by atoms with Crippen LogP contribution in [0.25, 0.3) is 0 Å². The van der Waals surface area contributed by atoms with Crippen molar-refractivity contribution >= 4 is 11.6 Å². The number of ether oxygens (including phenoxy) is 2. The van der Waals surface area contributed by atoms with Crippen LogP contribution in [0.5, 0.6) is 5.75 Å². The fourth-order valence-electron chi connectivity index (χ4n) is 2.08. The van der Waals surface area contributed by atoms with Crippen LogP contribution in [0.4, 0.5) is 0 Å². The van der Waals surface area contributed by atoms with E-state index < -0.39 is 0 Å². The van der Waals surface area contributed by atoms with Gasteiger partial charge in [-0.1, -0.05) is 26.0 Å². The molecule has 1 aromatic carbocycles. The maximum Gasteiger partial charge on any atom is 0.120 e. The molecule has 0 radical (unpaired) electrons. The third-order valence-electron chi connectivity index (χ3n) is 3.55. The molecule has 1 saturated carbocycles. The lowest BCUT2D eigenvalue weighted by Crippen LogP contribution is -2.53. The topological polar surface area (TPSA) is 18.5 Å². The van der Waals surface area contributed by atoms with Gasteiger partial charge in [0.2, 0.25) is 0 Å². The van der Waals surface area contributed by atoms with Crippen molar-refractivity contribution in [3.8, 4) is 5.75 Å². The van der Waals surface area contributed by atoms with Crippen LogP contribution in [-0.4, -0.2) is 18.6 Å². The summed E-state index contributed by atoms with van der Waals surface area (Å²) in [7, 11) is 1.70. The van der Waals surface area contributed by atoms with E-state index in [9.17, 15) is 0 Å². The van der Waals surface area contributed by atoms with Crippen LogP contribution < -0.4 is 4.74 Å². The van der Waals surface area contributed by atoms with E-state index >= 15 is 0 Å². The van der Waals surface area contributed by atoms with E-state index in [1.807, 2.05) is 24.3 Å². The highest BCUT2D eigenvalue weighted by atomic mass is 35.5. The Morgan fingerprint density at radius 2 is 2.18 bits per heavy atom. The summed E-state index contributed by atoms with van der Waals surface area (Å²) in [5.74, 6) is 0.904. The Labute approximate surface area is 108 Å². The van der Waals surface area contributed by atoms with Gasteiger partial charge in [0.05, 0.1) is 6.61 Å². The van der Waals surface area contributed by atoms with Gasteiger partial charge >= 0.3 is 0 Å². The smallest absolute Gasteiger partial charge is 0.120 e. The predicted molar refractivity (Wildman–Crippen MR) is 69.6 cm³/mol. The fraction of sp³-hybridized carbons (Fsp3) is 0.571. The molecule has 2 atom stereocenters. The van der Waals surface area contributed by atoms with Gasteiger partial charge in [0.15, 0.2) is 0 Å². The Hall–Kier alpha value is -0.730. The van der Waals surface area contributed by atoms with Gasteiger partial charge in [0, 0.05) is 24.3 Å². The van der Waals surface area contributed by atoms with Crippen LogP contribution in [0.2, 0.25) is 0 Å². The molecule has 0 aliphatic heterocycles. The first-order valence-electron chi connectivity index (χ1n) is 5.92. The molecule has 1 aliphatic carbocycles. The highest BCUT2D eigenvalue weighted by Crippen LogP contribution is 2.46. The minimum absolute atomic E-state index is 0.0544. The third-order valence-corrected chi connectivity index (χ3v) is 4.29. The van der Waals surface area contributed by atoms with Crippen LogP contribution in [0.15, 0.2) is 24.3 Å². The number of benzene rings is 1. The van der Waals surface area contributed by atoms with E-state index in [0.29, 0.717) is 6.61 Å². The first-order valence-corrected chi connectivity index (χ1v) is 6.36. The van der Waals surface area contributed by atoms with Gasteiger partial charge in [-0.2, -0.15) is 0 Å². The van der Waals surface area contributed by atoms with Crippen LogP contribution in [0, 0.1) is 5.41 Å². The zero-order chi connectivity index (χ0) is 12.5. The van der Waals surface area contributed by atoms with Gasteiger partial charge in [-0.25, -0.2) is 0 Å². The Morgan fingerprint density at radius 3 is 2.76 bits per heavy atom. The highest BCUT2D eigenvalue weighted by molar-refractivity contribution is 6.21. The van der Waals surface area contributed by atoms with Crippen molar-refractivity contribution in [1.29, 1.82) is 0 Å². The summed E-state index contributed by atoms with van der Waals surface area (Å²) >= 11 is 6.18. The fourth-order valence-corrected chi connectivity index (χ4v) is 2.38.